The van der Waals surface area contributed by atoms with Gasteiger partial charge in [0.15, 0.2) is 0 Å². The van der Waals surface area contributed by atoms with Crippen molar-refractivity contribution in [3.63, 3.8) is 0 Å². The number of aliphatic imine (C=N–C) groups is 1. The summed E-state index contributed by atoms with van der Waals surface area (Å²) < 4.78 is 5.46. The first-order chi connectivity index (χ1) is 11.8. The van der Waals surface area contributed by atoms with Crippen molar-refractivity contribution in [2.24, 2.45) is 4.99 Å². The minimum Gasteiger partial charge on any atom is -0.497 e. The van der Waals surface area contributed by atoms with Crippen LogP contribution in [0.15, 0.2) is 71.7 Å². The van der Waals surface area contributed by atoms with Crippen LogP contribution in [-0.2, 0) is 6.54 Å². The first-order valence-corrected chi connectivity index (χ1v) is 8.14. The van der Waals surface area contributed by atoms with Gasteiger partial charge in [-0.3, -0.25) is 4.99 Å². The Labute approximate surface area is 142 Å². The molecule has 2 nitrogen and oxygen atoms in total. The lowest BCUT2D eigenvalue weighted by Gasteiger charge is -2.13. The molecule has 118 valence electrons. The molecule has 0 amide bonds. The van der Waals surface area contributed by atoms with Crippen LogP contribution in [-0.4, -0.2) is 12.8 Å². The predicted octanol–water partition coefficient (Wildman–Crippen LogP) is 5.02. The highest BCUT2D eigenvalue weighted by molar-refractivity contribution is 6.17. The zero-order chi connectivity index (χ0) is 16.5. The molecule has 0 unspecified atom stereocenters. The third-order valence-electron chi connectivity index (χ3n) is 4.52. The van der Waals surface area contributed by atoms with Crippen LogP contribution in [0, 0.1) is 6.92 Å². The summed E-state index contributed by atoms with van der Waals surface area (Å²) in [5.41, 5.74) is 8.27. The molecule has 0 N–H and O–H groups in total. The van der Waals surface area contributed by atoms with Gasteiger partial charge in [-0.1, -0.05) is 60.2 Å². The Bertz CT molecular complexity index is 923. The van der Waals surface area contributed by atoms with Gasteiger partial charge in [0.2, 0.25) is 0 Å². The van der Waals surface area contributed by atoms with Crippen molar-refractivity contribution in [2.45, 2.75) is 13.5 Å². The van der Waals surface area contributed by atoms with Gasteiger partial charge >= 0.3 is 0 Å². The summed E-state index contributed by atoms with van der Waals surface area (Å²) in [6.07, 6.45) is 0. The lowest BCUT2D eigenvalue weighted by Crippen LogP contribution is -2.05. The monoisotopic (exact) mass is 313 g/mol. The number of methoxy groups -OCH3 is 1. The molecule has 0 aromatic heterocycles. The van der Waals surface area contributed by atoms with E-state index in [4.69, 9.17) is 9.73 Å². The SMILES string of the molecule is COc1ccc2c(c1)C(c1ccc(C)cc1)=NCc1ccccc1-2. The van der Waals surface area contributed by atoms with E-state index in [0.717, 1.165) is 22.6 Å². The molecular weight excluding hydrogens is 294 g/mol. The fraction of sp³-hybridized carbons (Fsp3) is 0.136. The molecule has 1 aliphatic heterocycles. The first-order valence-electron chi connectivity index (χ1n) is 8.14. The number of rotatable bonds is 2. The molecule has 0 spiro atoms. The Morgan fingerprint density at radius 3 is 2.42 bits per heavy atom. The van der Waals surface area contributed by atoms with E-state index in [2.05, 4.69) is 67.6 Å². The maximum absolute atomic E-state index is 5.46. The number of benzene rings is 3. The van der Waals surface area contributed by atoms with Gasteiger partial charge in [-0.2, -0.15) is 0 Å². The largest absolute Gasteiger partial charge is 0.497 e. The second-order valence-corrected chi connectivity index (χ2v) is 6.10. The molecule has 0 aliphatic carbocycles. The predicted molar refractivity (Wildman–Crippen MR) is 99.0 cm³/mol. The number of fused-ring (bicyclic) bond motifs is 3. The first kappa shape index (κ1) is 14.7. The Hall–Kier alpha value is -2.87. The van der Waals surface area contributed by atoms with E-state index >= 15 is 0 Å². The highest BCUT2D eigenvalue weighted by Gasteiger charge is 2.19. The lowest BCUT2D eigenvalue weighted by molar-refractivity contribution is 0.415. The van der Waals surface area contributed by atoms with Gasteiger partial charge in [-0.25, -0.2) is 0 Å². The van der Waals surface area contributed by atoms with Crippen molar-refractivity contribution >= 4 is 5.71 Å². The number of hydrogen-bond acceptors (Lipinski definition) is 2. The van der Waals surface area contributed by atoms with Crippen LogP contribution in [0.4, 0.5) is 0 Å². The van der Waals surface area contributed by atoms with Gasteiger partial charge in [0.05, 0.1) is 19.4 Å². The Kier molecular flexibility index (Phi) is 3.66. The fourth-order valence-corrected chi connectivity index (χ4v) is 3.21. The maximum atomic E-state index is 5.46. The summed E-state index contributed by atoms with van der Waals surface area (Å²) in [7, 11) is 1.70. The highest BCUT2D eigenvalue weighted by Crippen LogP contribution is 2.34. The standard InChI is InChI=1S/C22H19NO/c1-15-7-9-16(10-8-15)22-21-13-18(24-2)11-12-20(21)19-6-4-3-5-17(19)14-23-22/h3-13H,14H2,1-2H3. The molecule has 0 fully saturated rings. The van der Waals surface area contributed by atoms with Gasteiger partial charge in [0.25, 0.3) is 0 Å². The summed E-state index contributed by atoms with van der Waals surface area (Å²) in [5.74, 6) is 0.855. The van der Waals surface area contributed by atoms with E-state index in [1.165, 1.54) is 22.3 Å². The zero-order valence-electron chi connectivity index (χ0n) is 13.9. The fourth-order valence-electron chi connectivity index (χ4n) is 3.21. The molecule has 24 heavy (non-hydrogen) atoms. The molecule has 3 aromatic carbocycles. The summed E-state index contributed by atoms with van der Waals surface area (Å²) in [4.78, 5) is 4.94. The van der Waals surface area contributed by atoms with Crippen molar-refractivity contribution in [1.82, 2.24) is 0 Å². The van der Waals surface area contributed by atoms with E-state index in [9.17, 15) is 0 Å². The van der Waals surface area contributed by atoms with Gasteiger partial charge in [-0.15, -0.1) is 0 Å². The molecular formula is C22H19NO. The number of nitrogens with zero attached hydrogens (tertiary/aromatic N) is 1. The molecule has 0 atom stereocenters. The third-order valence-corrected chi connectivity index (χ3v) is 4.52. The molecule has 0 saturated carbocycles. The summed E-state index contributed by atoms with van der Waals surface area (Å²) in [6.45, 7) is 2.79. The minimum absolute atomic E-state index is 0.691. The Morgan fingerprint density at radius 1 is 0.833 bits per heavy atom. The molecule has 1 heterocycles. The van der Waals surface area contributed by atoms with E-state index in [1.807, 2.05) is 6.07 Å². The second-order valence-electron chi connectivity index (χ2n) is 6.10. The smallest absolute Gasteiger partial charge is 0.119 e. The molecule has 0 radical (unpaired) electrons. The van der Waals surface area contributed by atoms with Crippen LogP contribution in [0.3, 0.4) is 0 Å². The summed E-state index contributed by atoms with van der Waals surface area (Å²) in [6, 6.07) is 23.3. The highest BCUT2D eigenvalue weighted by atomic mass is 16.5. The third kappa shape index (κ3) is 2.50. The summed E-state index contributed by atoms with van der Waals surface area (Å²) in [5, 5.41) is 0. The minimum atomic E-state index is 0.691. The molecule has 0 bridgehead atoms. The normalized spacial score (nSPS) is 12.7. The van der Waals surface area contributed by atoms with Crippen LogP contribution >= 0.6 is 0 Å². The lowest BCUT2D eigenvalue weighted by atomic mass is 9.92. The molecule has 0 saturated heterocycles. The number of hydrogen-bond donors (Lipinski definition) is 0. The zero-order valence-corrected chi connectivity index (χ0v) is 13.9. The van der Waals surface area contributed by atoms with Crippen LogP contribution in [0.5, 0.6) is 5.75 Å². The molecule has 1 aliphatic rings. The van der Waals surface area contributed by atoms with Gasteiger partial charge < -0.3 is 4.74 Å². The van der Waals surface area contributed by atoms with Crippen LogP contribution in [0.25, 0.3) is 11.1 Å². The average molecular weight is 313 g/mol. The van der Waals surface area contributed by atoms with Crippen molar-refractivity contribution in [1.29, 1.82) is 0 Å². The van der Waals surface area contributed by atoms with Crippen molar-refractivity contribution in [3.05, 3.63) is 89.0 Å². The maximum Gasteiger partial charge on any atom is 0.119 e. The van der Waals surface area contributed by atoms with Gasteiger partial charge in [0.1, 0.15) is 5.75 Å². The van der Waals surface area contributed by atoms with Crippen molar-refractivity contribution in [2.75, 3.05) is 7.11 Å². The van der Waals surface area contributed by atoms with Crippen LogP contribution in [0.1, 0.15) is 22.3 Å². The quantitative estimate of drug-likeness (QED) is 0.651. The van der Waals surface area contributed by atoms with Crippen LogP contribution < -0.4 is 4.74 Å². The second kappa shape index (κ2) is 5.97. The summed E-state index contributed by atoms with van der Waals surface area (Å²) >= 11 is 0. The van der Waals surface area contributed by atoms with Crippen LogP contribution in [0.2, 0.25) is 0 Å². The number of ether oxygens (including phenoxy) is 1. The van der Waals surface area contributed by atoms with Gasteiger partial charge in [-0.05, 0) is 35.7 Å². The van der Waals surface area contributed by atoms with E-state index in [1.54, 1.807) is 7.11 Å². The van der Waals surface area contributed by atoms with E-state index in [0.29, 0.717) is 6.54 Å². The Morgan fingerprint density at radius 2 is 1.62 bits per heavy atom. The number of aryl methyl sites for hydroxylation is 1. The van der Waals surface area contributed by atoms with Crippen molar-refractivity contribution < 1.29 is 4.74 Å². The van der Waals surface area contributed by atoms with E-state index in [-0.39, 0.29) is 0 Å². The molecule has 4 rings (SSSR count). The van der Waals surface area contributed by atoms with Crippen molar-refractivity contribution in [3.8, 4) is 16.9 Å². The molecule has 2 heteroatoms. The molecule has 3 aromatic rings. The topological polar surface area (TPSA) is 21.6 Å². The van der Waals surface area contributed by atoms with E-state index < -0.39 is 0 Å². The average Bonchev–Trinajstić information content (AvgIpc) is 2.79. The van der Waals surface area contributed by atoms with Gasteiger partial charge in [0, 0.05) is 11.1 Å². The Balaban J connectivity index is 1.97.